The van der Waals surface area contributed by atoms with Gasteiger partial charge in [-0.1, -0.05) is 42.5 Å². The van der Waals surface area contributed by atoms with Crippen LogP contribution >= 0.6 is 0 Å². The third-order valence-electron chi connectivity index (χ3n) is 4.73. The maximum absolute atomic E-state index is 12.5. The number of rotatable bonds is 4. The molecule has 148 valence electrons. The molecule has 1 heterocycles. The van der Waals surface area contributed by atoms with E-state index >= 15 is 0 Å². The molecule has 0 saturated heterocycles. The summed E-state index contributed by atoms with van der Waals surface area (Å²) in [5.74, 6) is -1.67. The van der Waals surface area contributed by atoms with Crippen LogP contribution in [0.1, 0.15) is 47.0 Å². The van der Waals surface area contributed by atoms with Crippen LogP contribution < -0.4 is 10.9 Å². The van der Waals surface area contributed by atoms with Crippen LogP contribution in [0.2, 0.25) is 0 Å². The molecule has 0 fully saturated rings. The summed E-state index contributed by atoms with van der Waals surface area (Å²) in [6.45, 7) is 0.0455. The molecule has 7 heteroatoms. The summed E-state index contributed by atoms with van der Waals surface area (Å²) in [7, 11) is 0. The molecule has 2 N–H and O–H groups in total. The third-order valence-corrected chi connectivity index (χ3v) is 4.73. The molecular formula is C23H17N3O4. The van der Waals surface area contributed by atoms with Gasteiger partial charge < -0.3 is 0 Å². The quantitative estimate of drug-likeness (QED) is 0.521. The molecule has 4 amide bonds. The van der Waals surface area contributed by atoms with Gasteiger partial charge in [-0.15, -0.1) is 0 Å². The zero-order valence-electron chi connectivity index (χ0n) is 15.8. The van der Waals surface area contributed by atoms with Crippen molar-refractivity contribution in [1.29, 1.82) is 0 Å². The monoisotopic (exact) mass is 399 g/mol. The summed E-state index contributed by atoms with van der Waals surface area (Å²) in [6.07, 6.45) is 0. The highest BCUT2D eigenvalue weighted by atomic mass is 16.2. The summed E-state index contributed by atoms with van der Waals surface area (Å²) >= 11 is 0. The lowest BCUT2D eigenvalue weighted by atomic mass is 10.1. The zero-order chi connectivity index (χ0) is 21.1. The number of fused-ring (bicyclic) bond motifs is 1. The maximum atomic E-state index is 12.5. The Morgan fingerprint density at radius 1 is 0.667 bits per heavy atom. The molecule has 3 aromatic rings. The van der Waals surface area contributed by atoms with Crippen molar-refractivity contribution < 1.29 is 19.2 Å². The summed E-state index contributed by atoms with van der Waals surface area (Å²) in [6, 6.07) is 21.7. The number of hydrogen-bond donors (Lipinski definition) is 2. The normalized spacial score (nSPS) is 12.5. The Hall–Kier alpha value is -4.26. The molecule has 3 aromatic carbocycles. The number of benzene rings is 3. The van der Waals surface area contributed by atoms with Crippen LogP contribution in [0.25, 0.3) is 0 Å². The number of carbonyl (C=O) groups is 4. The van der Waals surface area contributed by atoms with Crippen molar-refractivity contribution in [2.45, 2.75) is 6.54 Å². The number of carbonyl (C=O) groups excluding carboxylic acids is 4. The van der Waals surface area contributed by atoms with E-state index in [2.05, 4.69) is 10.9 Å². The van der Waals surface area contributed by atoms with Gasteiger partial charge in [0.1, 0.15) is 0 Å². The first-order valence-corrected chi connectivity index (χ1v) is 9.24. The smallest absolute Gasteiger partial charge is 0.269 e. The van der Waals surface area contributed by atoms with E-state index in [1.807, 2.05) is 0 Å². The first-order chi connectivity index (χ1) is 14.5. The standard InChI is InChI=1S/C23H17N3O4/c27-20(16-8-2-1-3-9-16)24-25-21(28)17-10-6-7-15(13-17)14-26-22(29)18-11-4-5-12-19(18)23(26)30/h1-13H,14H2,(H,24,27)(H,25,28). The molecular weight excluding hydrogens is 382 g/mol. The second kappa shape index (κ2) is 8.00. The van der Waals surface area contributed by atoms with Crippen molar-refractivity contribution in [1.82, 2.24) is 15.8 Å². The van der Waals surface area contributed by atoms with E-state index in [-0.39, 0.29) is 23.9 Å². The van der Waals surface area contributed by atoms with Crippen molar-refractivity contribution in [2.24, 2.45) is 0 Å². The predicted octanol–water partition coefficient (Wildman–Crippen LogP) is 2.56. The molecule has 7 nitrogen and oxygen atoms in total. The van der Waals surface area contributed by atoms with Crippen LogP contribution in [0.4, 0.5) is 0 Å². The Kier molecular flexibility index (Phi) is 5.09. The number of imide groups is 1. The van der Waals surface area contributed by atoms with Gasteiger partial charge in [-0.2, -0.15) is 0 Å². The van der Waals surface area contributed by atoms with Crippen LogP contribution in [-0.2, 0) is 6.54 Å². The van der Waals surface area contributed by atoms with Gasteiger partial charge in [0.05, 0.1) is 17.7 Å². The second-order valence-electron chi connectivity index (χ2n) is 6.72. The second-order valence-corrected chi connectivity index (χ2v) is 6.72. The number of amides is 4. The summed E-state index contributed by atoms with van der Waals surface area (Å²) < 4.78 is 0. The van der Waals surface area contributed by atoms with Gasteiger partial charge in [-0.25, -0.2) is 0 Å². The molecule has 0 radical (unpaired) electrons. The number of hydrogen-bond acceptors (Lipinski definition) is 4. The molecule has 0 aromatic heterocycles. The largest absolute Gasteiger partial charge is 0.270 e. The first kappa shape index (κ1) is 19.1. The molecule has 1 aliphatic heterocycles. The van der Waals surface area contributed by atoms with Crippen LogP contribution in [0.5, 0.6) is 0 Å². The summed E-state index contributed by atoms with van der Waals surface area (Å²) in [5.41, 5.74) is 6.79. The minimum absolute atomic E-state index is 0.0455. The van der Waals surface area contributed by atoms with Crippen LogP contribution in [0.3, 0.4) is 0 Å². The fraction of sp³-hybridized carbons (Fsp3) is 0.0435. The van der Waals surface area contributed by atoms with Gasteiger partial charge in [0, 0.05) is 11.1 Å². The zero-order valence-corrected chi connectivity index (χ0v) is 15.8. The van der Waals surface area contributed by atoms with Crippen molar-refractivity contribution in [3.8, 4) is 0 Å². The Balaban J connectivity index is 1.43. The van der Waals surface area contributed by atoms with Crippen molar-refractivity contribution in [3.05, 3.63) is 107 Å². The van der Waals surface area contributed by atoms with Crippen molar-refractivity contribution in [3.63, 3.8) is 0 Å². The van der Waals surface area contributed by atoms with Crippen molar-refractivity contribution in [2.75, 3.05) is 0 Å². The first-order valence-electron chi connectivity index (χ1n) is 9.24. The molecule has 0 bridgehead atoms. The minimum Gasteiger partial charge on any atom is -0.270 e. The fourth-order valence-electron chi connectivity index (χ4n) is 3.22. The van der Waals surface area contributed by atoms with Gasteiger partial charge in [0.2, 0.25) is 0 Å². The lowest BCUT2D eigenvalue weighted by Gasteiger charge is -2.14. The lowest BCUT2D eigenvalue weighted by molar-refractivity contribution is 0.0642. The van der Waals surface area contributed by atoms with Gasteiger partial charge in [-0.3, -0.25) is 34.9 Å². The lowest BCUT2D eigenvalue weighted by Crippen LogP contribution is -2.41. The maximum Gasteiger partial charge on any atom is 0.269 e. The minimum atomic E-state index is -0.511. The van der Waals surface area contributed by atoms with E-state index < -0.39 is 11.8 Å². The Bertz CT molecular complexity index is 1120. The van der Waals surface area contributed by atoms with Crippen LogP contribution in [0.15, 0.2) is 78.9 Å². The highest BCUT2D eigenvalue weighted by Crippen LogP contribution is 2.24. The third kappa shape index (κ3) is 3.68. The van der Waals surface area contributed by atoms with E-state index in [1.54, 1.807) is 78.9 Å². The van der Waals surface area contributed by atoms with Gasteiger partial charge >= 0.3 is 0 Å². The summed E-state index contributed by atoms with van der Waals surface area (Å²) in [4.78, 5) is 50.6. The number of hydrazine groups is 1. The Morgan fingerprint density at radius 2 is 1.20 bits per heavy atom. The van der Waals surface area contributed by atoms with Gasteiger partial charge in [-0.05, 0) is 42.0 Å². The van der Waals surface area contributed by atoms with E-state index in [1.165, 1.54) is 0 Å². The fourth-order valence-corrected chi connectivity index (χ4v) is 3.22. The predicted molar refractivity (Wildman–Crippen MR) is 108 cm³/mol. The van der Waals surface area contributed by atoms with Gasteiger partial charge in [0.25, 0.3) is 23.6 Å². The molecule has 0 spiro atoms. The molecule has 4 rings (SSSR count). The molecule has 0 aliphatic carbocycles. The van der Waals surface area contributed by atoms with Crippen molar-refractivity contribution >= 4 is 23.6 Å². The van der Waals surface area contributed by atoms with E-state index in [9.17, 15) is 19.2 Å². The number of nitrogens with one attached hydrogen (secondary N) is 2. The average Bonchev–Trinajstić information content (AvgIpc) is 3.03. The molecule has 0 atom stereocenters. The van der Waals surface area contributed by atoms with Crippen LogP contribution in [-0.4, -0.2) is 28.5 Å². The van der Waals surface area contributed by atoms with Gasteiger partial charge in [0.15, 0.2) is 0 Å². The van der Waals surface area contributed by atoms with E-state index in [4.69, 9.17) is 0 Å². The molecule has 1 aliphatic rings. The topological polar surface area (TPSA) is 95.6 Å². The Labute approximate surface area is 172 Å². The Morgan fingerprint density at radius 3 is 1.83 bits per heavy atom. The highest BCUT2D eigenvalue weighted by Gasteiger charge is 2.34. The highest BCUT2D eigenvalue weighted by molar-refractivity contribution is 6.21. The average molecular weight is 399 g/mol. The van der Waals surface area contributed by atoms with Crippen LogP contribution in [0, 0.1) is 0 Å². The molecule has 0 unspecified atom stereocenters. The molecule has 0 saturated carbocycles. The SMILES string of the molecule is O=C(NNC(=O)c1cccc(CN2C(=O)c3ccccc3C2=O)c1)c1ccccc1. The summed E-state index contributed by atoms with van der Waals surface area (Å²) in [5, 5.41) is 0. The molecule has 30 heavy (non-hydrogen) atoms. The van der Waals surface area contributed by atoms with E-state index in [0.29, 0.717) is 22.3 Å². The number of nitrogens with zero attached hydrogens (tertiary/aromatic N) is 1. The van der Waals surface area contributed by atoms with E-state index in [0.717, 1.165) is 4.90 Å².